The van der Waals surface area contributed by atoms with Crippen LogP contribution in [0, 0.1) is 12.7 Å². The SMILES string of the molecule is Cc1cc(C(F)F)nn1CC(=O)N1CCc2onc(Nc3ccccc3F)c2C1. The molecule has 4 rings (SSSR count). The number of aromatic nitrogens is 3. The quantitative estimate of drug-likeness (QED) is 0.702. The van der Waals surface area contributed by atoms with Gasteiger partial charge in [-0.2, -0.15) is 5.10 Å². The maximum atomic E-state index is 13.9. The predicted octanol–water partition coefficient (Wildman–Crippen LogP) is 3.58. The van der Waals surface area contributed by atoms with Crippen LogP contribution in [0.25, 0.3) is 0 Å². The Labute approximate surface area is 164 Å². The van der Waals surface area contributed by atoms with Crippen molar-refractivity contribution in [3.8, 4) is 0 Å². The third-order valence-corrected chi connectivity index (χ3v) is 4.82. The largest absolute Gasteiger partial charge is 0.359 e. The summed E-state index contributed by atoms with van der Waals surface area (Å²) in [6.07, 6.45) is -2.24. The number of halogens is 3. The molecule has 0 unspecified atom stereocenters. The zero-order valence-corrected chi connectivity index (χ0v) is 15.5. The molecule has 3 aromatic rings. The van der Waals surface area contributed by atoms with Gasteiger partial charge in [0.1, 0.15) is 23.8 Å². The molecular formula is C19H18F3N5O2. The minimum absolute atomic E-state index is 0.144. The molecule has 29 heavy (non-hydrogen) atoms. The van der Waals surface area contributed by atoms with Gasteiger partial charge in [0.15, 0.2) is 5.82 Å². The van der Waals surface area contributed by atoms with Crippen molar-refractivity contribution in [2.45, 2.75) is 32.9 Å². The summed E-state index contributed by atoms with van der Waals surface area (Å²) in [5.74, 6) is 0.277. The fourth-order valence-electron chi connectivity index (χ4n) is 3.24. The second-order valence-corrected chi connectivity index (χ2v) is 6.77. The molecule has 0 radical (unpaired) electrons. The van der Waals surface area contributed by atoms with Gasteiger partial charge in [0.25, 0.3) is 6.43 Å². The summed E-state index contributed by atoms with van der Waals surface area (Å²) < 4.78 is 46.1. The maximum Gasteiger partial charge on any atom is 0.282 e. The van der Waals surface area contributed by atoms with Crippen LogP contribution in [0.15, 0.2) is 34.9 Å². The molecule has 0 saturated carbocycles. The first-order valence-corrected chi connectivity index (χ1v) is 9.01. The lowest BCUT2D eigenvalue weighted by atomic mass is 10.1. The smallest absolute Gasteiger partial charge is 0.282 e. The standard InChI is InChI=1S/C19H18F3N5O2/c1-11-8-15(18(21)22)24-27(11)10-17(28)26-7-6-16-12(9-26)19(25-29-16)23-14-5-3-2-4-13(14)20/h2-5,8,18H,6-7,9-10H2,1H3,(H,23,25). The van der Waals surface area contributed by atoms with Gasteiger partial charge >= 0.3 is 0 Å². The number of hydrogen-bond donors (Lipinski definition) is 1. The van der Waals surface area contributed by atoms with Crippen LogP contribution in [0.1, 0.15) is 29.1 Å². The maximum absolute atomic E-state index is 13.9. The number of fused-ring (bicyclic) bond motifs is 1. The molecule has 2 aromatic heterocycles. The number of amides is 1. The summed E-state index contributed by atoms with van der Waals surface area (Å²) >= 11 is 0. The van der Waals surface area contributed by atoms with Gasteiger partial charge in [0, 0.05) is 18.7 Å². The number of carbonyl (C=O) groups is 1. The Kier molecular flexibility index (Phi) is 4.99. The van der Waals surface area contributed by atoms with Gasteiger partial charge in [-0.05, 0) is 25.1 Å². The van der Waals surface area contributed by atoms with E-state index >= 15 is 0 Å². The number of carbonyl (C=O) groups excluding carboxylic acids is 1. The van der Waals surface area contributed by atoms with E-state index in [0.29, 0.717) is 35.8 Å². The molecule has 0 fully saturated rings. The van der Waals surface area contributed by atoms with Crippen molar-refractivity contribution in [2.24, 2.45) is 0 Å². The minimum Gasteiger partial charge on any atom is -0.359 e. The first-order valence-electron chi connectivity index (χ1n) is 9.01. The van der Waals surface area contributed by atoms with Crippen LogP contribution in [-0.2, 0) is 24.3 Å². The lowest BCUT2D eigenvalue weighted by Gasteiger charge is -2.26. The molecule has 0 atom stereocenters. The summed E-state index contributed by atoms with van der Waals surface area (Å²) in [4.78, 5) is 14.3. The van der Waals surface area contributed by atoms with Gasteiger partial charge in [-0.15, -0.1) is 0 Å². The second-order valence-electron chi connectivity index (χ2n) is 6.77. The number of hydrogen-bond acceptors (Lipinski definition) is 5. The van der Waals surface area contributed by atoms with Crippen LogP contribution in [0.3, 0.4) is 0 Å². The topological polar surface area (TPSA) is 76.2 Å². The molecule has 0 aliphatic carbocycles. The molecule has 10 heteroatoms. The van der Waals surface area contributed by atoms with Crippen molar-refractivity contribution < 1.29 is 22.5 Å². The van der Waals surface area contributed by atoms with Crippen molar-refractivity contribution in [3.05, 3.63) is 58.9 Å². The Balaban J connectivity index is 1.49. The van der Waals surface area contributed by atoms with Gasteiger partial charge in [0.05, 0.1) is 17.8 Å². The normalized spacial score (nSPS) is 13.6. The number of benzene rings is 1. The molecule has 0 spiro atoms. The first-order chi connectivity index (χ1) is 13.9. The van der Waals surface area contributed by atoms with Crippen LogP contribution in [-0.4, -0.2) is 32.3 Å². The Morgan fingerprint density at radius 3 is 2.86 bits per heavy atom. The molecule has 1 aliphatic heterocycles. The first kappa shape index (κ1) is 19.0. The van der Waals surface area contributed by atoms with E-state index in [-0.39, 0.29) is 30.4 Å². The monoisotopic (exact) mass is 405 g/mol. The fourth-order valence-corrected chi connectivity index (χ4v) is 3.24. The molecule has 1 aromatic carbocycles. The number of rotatable bonds is 5. The van der Waals surface area contributed by atoms with Gasteiger partial charge in [0.2, 0.25) is 5.91 Å². The fraction of sp³-hybridized carbons (Fsp3) is 0.316. The molecule has 0 bridgehead atoms. The van der Waals surface area contributed by atoms with Gasteiger partial charge in [-0.1, -0.05) is 17.3 Å². The average Bonchev–Trinajstić information content (AvgIpc) is 3.27. The Hall–Kier alpha value is -3.30. The van der Waals surface area contributed by atoms with E-state index in [0.717, 1.165) is 0 Å². The number of alkyl halides is 2. The van der Waals surface area contributed by atoms with Crippen molar-refractivity contribution in [1.82, 2.24) is 19.8 Å². The summed E-state index contributed by atoms with van der Waals surface area (Å²) in [5.41, 5.74) is 1.04. The van der Waals surface area contributed by atoms with Crippen molar-refractivity contribution in [1.29, 1.82) is 0 Å². The van der Waals surface area contributed by atoms with Gasteiger partial charge in [-0.25, -0.2) is 13.2 Å². The van der Waals surface area contributed by atoms with E-state index in [1.165, 1.54) is 16.8 Å². The lowest BCUT2D eigenvalue weighted by Crippen LogP contribution is -2.38. The second kappa shape index (κ2) is 7.61. The van der Waals surface area contributed by atoms with Crippen LogP contribution in [0.2, 0.25) is 0 Å². The lowest BCUT2D eigenvalue weighted by molar-refractivity contribution is -0.133. The molecule has 7 nitrogen and oxygen atoms in total. The molecule has 0 saturated heterocycles. The van der Waals surface area contributed by atoms with E-state index in [2.05, 4.69) is 15.6 Å². The zero-order valence-electron chi connectivity index (χ0n) is 15.5. The summed E-state index contributed by atoms with van der Waals surface area (Å²) in [5, 5.41) is 10.6. The third kappa shape index (κ3) is 3.82. The van der Waals surface area contributed by atoms with Crippen LogP contribution in [0.4, 0.5) is 24.7 Å². The molecule has 152 valence electrons. The zero-order chi connectivity index (χ0) is 20.5. The molecule has 1 amide bonds. The highest BCUT2D eigenvalue weighted by Crippen LogP contribution is 2.29. The number of aryl methyl sites for hydroxylation is 1. The number of nitrogens with one attached hydrogen (secondary N) is 1. The van der Waals surface area contributed by atoms with Crippen LogP contribution >= 0.6 is 0 Å². The average molecular weight is 405 g/mol. The Morgan fingerprint density at radius 2 is 2.14 bits per heavy atom. The summed E-state index contributed by atoms with van der Waals surface area (Å²) in [6.45, 7) is 2.10. The number of anilines is 2. The predicted molar refractivity (Wildman–Crippen MR) is 97.2 cm³/mol. The van der Waals surface area contributed by atoms with Crippen LogP contribution in [0.5, 0.6) is 0 Å². The van der Waals surface area contributed by atoms with E-state index in [9.17, 15) is 18.0 Å². The van der Waals surface area contributed by atoms with Crippen molar-refractivity contribution in [2.75, 3.05) is 11.9 Å². The van der Waals surface area contributed by atoms with Gasteiger partial charge < -0.3 is 14.7 Å². The minimum atomic E-state index is -2.69. The Morgan fingerprint density at radius 1 is 1.34 bits per heavy atom. The van der Waals surface area contributed by atoms with E-state index in [1.807, 2.05) is 0 Å². The van der Waals surface area contributed by atoms with E-state index < -0.39 is 12.2 Å². The highest BCUT2D eigenvalue weighted by Gasteiger charge is 2.28. The van der Waals surface area contributed by atoms with Gasteiger partial charge in [-0.3, -0.25) is 9.48 Å². The molecule has 1 aliphatic rings. The summed E-state index contributed by atoms with van der Waals surface area (Å²) in [7, 11) is 0. The Bertz CT molecular complexity index is 1050. The van der Waals surface area contributed by atoms with Crippen LogP contribution < -0.4 is 5.32 Å². The molecule has 1 N–H and O–H groups in total. The third-order valence-electron chi connectivity index (χ3n) is 4.82. The highest BCUT2D eigenvalue weighted by atomic mass is 19.3. The molecular weight excluding hydrogens is 387 g/mol. The number of para-hydroxylation sites is 1. The summed E-state index contributed by atoms with van der Waals surface area (Å²) in [6, 6.07) is 7.43. The van der Waals surface area contributed by atoms with Crippen molar-refractivity contribution >= 4 is 17.4 Å². The molecule has 3 heterocycles. The van der Waals surface area contributed by atoms with Crippen molar-refractivity contribution in [3.63, 3.8) is 0 Å². The highest BCUT2D eigenvalue weighted by molar-refractivity contribution is 5.76. The number of nitrogens with zero attached hydrogens (tertiary/aromatic N) is 4. The van der Waals surface area contributed by atoms with E-state index in [1.54, 1.807) is 30.0 Å². The van der Waals surface area contributed by atoms with E-state index in [4.69, 9.17) is 4.52 Å².